The van der Waals surface area contributed by atoms with Gasteiger partial charge >= 0.3 is 0 Å². The first kappa shape index (κ1) is 19.8. The zero-order valence-electron chi connectivity index (χ0n) is 14.3. The number of nitrogens with one attached hydrogen (secondary N) is 2. The minimum Gasteiger partial charge on any atom is -0.484 e. The van der Waals surface area contributed by atoms with Crippen LogP contribution in [0.1, 0.15) is 5.56 Å². The number of carbonyl (C=O) groups excluding carboxylic acids is 1. The third-order valence-electron chi connectivity index (χ3n) is 3.31. The van der Waals surface area contributed by atoms with E-state index in [-0.39, 0.29) is 30.6 Å². The molecule has 8 nitrogen and oxygen atoms in total. The average Bonchev–Trinajstić information content (AvgIpc) is 2.66. The van der Waals surface area contributed by atoms with E-state index < -0.39 is 10.0 Å². The maximum atomic E-state index is 12.0. The van der Waals surface area contributed by atoms with Crippen molar-refractivity contribution >= 4 is 15.9 Å². The molecule has 0 radical (unpaired) electrons. The lowest BCUT2D eigenvalue weighted by Crippen LogP contribution is -2.28. The van der Waals surface area contributed by atoms with E-state index in [9.17, 15) is 13.2 Å². The van der Waals surface area contributed by atoms with E-state index >= 15 is 0 Å². The molecule has 0 aliphatic rings. The van der Waals surface area contributed by atoms with Crippen LogP contribution in [-0.4, -0.2) is 46.2 Å². The number of hydrogen-bond donors (Lipinski definition) is 2. The van der Waals surface area contributed by atoms with Crippen molar-refractivity contribution in [3.05, 3.63) is 54.4 Å². The molecular formula is C17H21N3O5S. The molecule has 0 aliphatic carbocycles. The number of benzene rings is 1. The average molecular weight is 379 g/mol. The second-order valence-corrected chi connectivity index (χ2v) is 7.06. The van der Waals surface area contributed by atoms with E-state index in [1.54, 1.807) is 18.5 Å². The molecule has 0 bridgehead atoms. The predicted octanol–water partition coefficient (Wildman–Crippen LogP) is 0.702. The molecule has 2 aromatic rings. The highest BCUT2D eigenvalue weighted by Crippen LogP contribution is 2.15. The van der Waals surface area contributed by atoms with E-state index in [4.69, 9.17) is 9.47 Å². The van der Waals surface area contributed by atoms with Crippen LogP contribution in [0.25, 0.3) is 0 Å². The van der Waals surface area contributed by atoms with Crippen molar-refractivity contribution in [2.24, 2.45) is 0 Å². The summed E-state index contributed by atoms with van der Waals surface area (Å²) in [5.74, 6) is 0.115. The van der Waals surface area contributed by atoms with Gasteiger partial charge in [0.1, 0.15) is 5.75 Å². The van der Waals surface area contributed by atoms with Crippen LogP contribution in [-0.2, 0) is 26.1 Å². The number of pyridine rings is 1. The van der Waals surface area contributed by atoms with E-state index in [0.717, 1.165) is 5.56 Å². The van der Waals surface area contributed by atoms with Crippen molar-refractivity contribution < 1.29 is 22.7 Å². The van der Waals surface area contributed by atoms with Crippen LogP contribution in [0.5, 0.6) is 5.75 Å². The molecule has 1 heterocycles. The number of nitrogens with zero attached hydrogens (tertiary/aromatic N) is 1. The van der Waals surface area contributed by atoms with Crippen molar-refractivity contribution in [1.82, 2.24) is 15.0 Å². The van der Waals surface area contributed by atoms with Gasteiger partial charge in [-0.1, -0.05) is 6.07 Å². The largest absolute Gasteiger partial charge is 0.484 e. The maximum absolute atomic E-state index is 12.0. The van der Waals surface area contributed by atoms with E-state index in [1.807, 2.05) is 6.07 Å². The Labute approximate surface area is 152 Å². The molecule has 2 rings (SSSR count). The van der Waals surface area contributed by atoms with Gasteiger partial charge in [-0.05, 0) is 35.9 Å². The first-order chi connectivity index (χ1) is 12.5. The van der Waals surface area contributed by atoms with E-state index in [0.29, 0.717) is 12.3 Å². The van der Waals surface area contributed by atoms with Crippen molar-refractivity contribution in [1.29, 1.82) is 0 Å². The number of aromatic nitrogens is 1. The van der Waals surface area contributed by atoms with Gasteiger partial charge in [-0.3, -0.25) is 9.78 Å². The van der Waals surface area contributed by atoms with Gasteiger partial charge < -0.3 is 14.8 Å². The molecule has 0 saturated heterocycles. The summed E-state index contributed by atoms with van der Waals surface area (Å²) in [7, 11) is -2.10. The fourth-order valence-corrected chi connectivity index (χ4v) is 2.99. The minimum absolute atomic E-state index is 0.113. The molecule has 26 heavy (non-hydrogen) atoms. The first-order valence-electron chi connectivity index (χ1n) is 7.88. The highest BCUT2D eigenvalue weighted by molar-refractivity contribution is 7.89. The number of amides is 1. The maximum Gasteiger partial charge on any atom is 0.258 e. The van der Waals surface area contributed by atoms with Gasteiger partial charge in [-0.15, -0.1) is 0 Å². The van der Waals surface area contributed by atoms with Gasteiger partial charge in [0, 0.05) is 32.6 Å². The summed E-state index contributed by atoms with van der Waals surface area (Å²) in [6, 6.07) is 9.47. The SMILES string of the molecule is COCCNS(=O)(=O)c1ccc(OCC(=O)NCc2cccnc2)cc1. The van der Waals surface area contributed by atoms with E-state index in [1.165, 1.54) is 31.4 Å². The minimum atomic E-state index is -3.59. The lowest BCUT2D eigenvalue weighted by atomic mass is 10.3. The predicted molar refractivity (Wildman–Crippen MR) is 95.1 cm³/mol. The van der Waals surface area contributed by atoms with Gasteiger partial charge in [-0.2, -0.15) is 0 Å². The quantitative estimate of drug-likeness (QED) is 0.589. The number of carbonyl (C=O) groups is 1. The van der Waals surface area contributed by atoms with Crippen LogP contribution >= 0.6 is 0 Å². The Balaban J connectivity index is 1.80. The molecule has 0 saturated carbocycles. The Kier molecular flexibility index (Phi) is 7.52. The summed E-state index contributed by atoms with van der Waals surface area (Å²) in [4.78, 5) is 15.9. The molecule has 9 heteroatoms. The number of hydrogen-bond acceptors (Lipinski definition) is 6. The Morgan fingerprint density at radius 3 is 2.62 bits per heavy atom. The van der Waals surface area contributed by atoms with Crippen LogP contribution < -0.4 is 14.8 Å². The molecular weight excluding hydrogens is 358 g/mol. The zero-order chi connectivity index (χ0) is 18.8. The van der Waals surface area contributed by atoms with Crippen LogP contribution in [0.15, 0.2) is 53.7 Å². The molecule has 0 unspecified atom stereocenters. The standard InChI is InChI=1S/C17H21N3O5S/c1-24-10-9-20-26(22,23)16-6-4-15(5-7-16)25-13-17(21)19-12-14-3-2-8-18-11-14/h2-8,11,20H,9-10,12-13H2,1H3,(H,19,21). The van der Waals surface area contributed by atoms with Gasteiger partial charge in [0.25, 0.3) is 5.91 Å². The molecule has 1 aromatic heterocycles. The van der Waals surface area contributed by atoms with Gasteiger partial charge in [-0.25, -0.2) is 13.1 Å². The zero-order valence-corrected chi connectivity index (χ0v) is 15.2. The normalized spacial score (nSPS) is 11.1. The fraction of sp³-hybridized carbons (Fsp3) is 0.294. The lowest BCUT2D eigenvalue weighted by Gasteiger charge is -2.09. The van der Waals surface area contributed by atoms with Crippen molar-refractivity contribution in [2.75, 3.05) is 26.9 Å². The number of methoxy groups -OCH3 is 1. The smallest absolute Gasteiger partial charge is 0.258 e. The monoisotopic (exact) mass is 379 g/mol. The number of ether oxygens (including phenoxy) is 2. The molecule has 0 aliphatic heterocycles. The Hall–Kier alpha value is -2.49. The summed E-state index contributed by atoms with van der Waals surface area (Å²) < 4.78 is 36.6. The molecule has 0 fully saturated rings. The highest BCUT2D eigenvalue weighted by Gasteiger charge is 2.13. The van der Waals surface area contributed by atoms with Crippen molar-refractivity contribution in [2.45, 2.75) is 11.4 Å². The first-order valence-corrected chi connectivity index (χ1v) is 9.36. The third kappa shape index (κ3) is 6.43. The third-order valence-corrected chi connectivity index (χ3v) is 4.79. The summed E-state index contributed by atoms with van der Waals surface area (Å²) in [5, 5.41) is 2.71. The Morgan fingerprint density at radius 2 is 1.96 bits per heavy atom. The summed E-state index contributed by atoms with van der Waals surface area (Å²) in [5.41, 5.74) is 0.886. The van der Waals surface area contributed by atoms with Crippen LogP contribution in [0, 0.1) is 0 Å². The summed E-state index contributed by atoms with van der Waals surface area (Å²) in [6.07, 6.45) is 3.33. The topological polar surface area (TPSA) is 107 Å². The molecule has 0 atom stereocenters. The molecule has 2 N–H and O–H groups in total. The highest BCUT2D eigenvalue weighted by atomic mass is 32.2. The van der Waals surface area contributed by atoms with Gasteiger partial charge in [0.15, 0.2) is 6.61 Å². The van der Waals surface area contributed by atoms with Crippen LogP contribution in [0.2, 0.25) is 0 Å². The van der Waals surface area contributed by atoms with Crippen molar-refractivity contribution in [3.8, 4) is 5.75 Å². The fourth-order valence-electron chi connectivity index (χ4n) is 1.98. The second kappa shape index (κ2) is 9.85. The molecule has 1 aromatic carbocycles. The van der Waals surface area contributed by atoms with Crippen LogP contribution in [0.4, 0.5) is 0 Å². The number of rotatable bonds is 10. The Bertz CT molecular complexity index is 795. The van der Waals surface area contributed by atoms with Crippen molar-refractivity contribution in [3.63, 3.8) is 0 Å². The molecule has 140 valence electrons. The number of sulfonamides is 1. The summed E-state index contributed by atoms with van der Waals surface area (Å²) >= 11 is 0. The molecule has 1 amide bonds. The van der Waals surface area contributed by atoms with Gasteiger partial charge in [0.05, 0.1) is 11.5 Å². The summed E-state index contributed by atoms with van der Waals surface area (Å²) in [6.45, 7) is 0.668. The van der Waals surface area contributed by atoms with Gasteiger partial charge in [0.2, 0.25) is 10.0 Å². The Morgan fingerprint density at radius 1 is 1.19 bits per heavy atom. The second-order valence-electron chi connectivity index (χ2n) is 5.29. The lowest BCUT2D eigenvalue weighted by molar-refractivity contribution is -0.123. The van der Waals surface area contributed by atoms with E-state index in [2.05, 4.69) is 15.0 Å². The van der Waals surface area contributed by atoms with Crippen LogP contribution in [0.3, 0.4) is 0 Å². The molecule has 0 spiro atoms.